The van der Waals surface area contributed by atoms with Crippen LogP contribution >= 0.6 is 0 Å². The topological polar surface area (TPSA) is 85.8 Å². The van der Waals surface area contributed by atoms with Gasteiger partial charge in [-0.05, 0) is 44.2 Å². The highest BCUT2D eigenvalue weighted by atomic mass is 19.1. The fourth-order valence-corrected chi connectivity index (χ4v) is 2.04. The molecule has 0 aliphatic rings. The lowest BCUT2D eigenvalue weighted by Gasteiger charge is -2.07. The number of halogens is 1. The van der Waals surface area contributed by atoms with Crippen LogP contribution in [0.4, 0.5) is 10.4 Å². The van der Waals surface area contributed by atoms with Gasteiger partial charge in [0.2, 0.25) is 0 Å². The van der Waals surface area contributed by atoms with E-state index in [-0.39, 0.29) is 17.9 Å². The minimum absolute atomic E-state index is 0.0363. The number of benzene rings is 1. The standard InChI is InChI=1S/C15H14FN5O2/c1-9(2)21-12(7-8-17-21)14-19-20-15(23-14)18-13(22)10-3-5-11(16)6-4-10/h3-9H,1-2H3,(H,18,20,22). The van der Waals surface area contributed by atoms with Gasteiger partial charge in [0.1, 0.15) is 11.5 Å². The Morgan fingerprint density at radius 3 is 2.65 bits per heavy atom. The van der Waals surface area contributed by atoms with Crippen molar-refractivity contribution in [2.75, 3.05) is 5.32 Å². The molecule has 0 unspecified atom stereocenters. The fraction of sp³-hybridized carbons (Fsp3) is 0.200. The summed E-state index contributed by atoms with van der Waals surface area (Å²) in [5.41, 5.74) is 0.952. The number of carbonyl (C=O) groups is 1. The molecule has 1 aromatic carbocycles. The molecule has 1 N–H and O–H groups in total. The lowest BCUT2D eigenvalue weighted by Crippen LogP contribution is -2.12. The van der Waals surface area contributed by atoms with Crippen LogP contribution in [0.2, 0.25) is 0 Å². The highest BCUT2D eigenvalue weighted by molar-refractivity contribution is 6.03. The Balaban J connectivity index is 1.78. The minimum Gasteiger partial charge on any atom is -0.401 e. The lowest BCUT2D eigenvalue weighted by atomic mass is 10.2. The van der Waals surface area contributed by atoms with Gasteiger partial charge in [0, 0.05) is 17.8 Å². The van der Waals surface area contributed by atoms with Gasteiger partial charge in [0.05, 0.1) is 0 Å². The smallest absolute Gasteiger partial charge is 0.322 e. The van der Waals surface area contributed by atoms with Crippen LogP contribution in [0.15, 0.2) is 40.9 Å². The summed E-state index contributed by atoms with van der Waals surface area (Å²) in [4.78, 5) is 12.0. The first kappa shape index (κ1) is 14.9. The Bertz CT molecular complexity index is 823. The van der Waals surface area contributed by atoms with Crippen molar-refractivity contribution in [1.82, 2.24) is 20.0 Å². The molecule has 3 aromatic rings. The zero-order valence-electron chi connectivity index (χ0n) is 12.5. The molecule has 0 aliphatic carbocycles. The lowest BCUT2D eigenvalue weighted by molar-refractivity contribution is 0.102. The van der Waals surface area contributed by atoms with Crippen LogP contribution < -0.4 is 5.32 Å². The molecule has 2 aromatic heterocycles. The summed E-state index contributed by atoms with van der Waals surface area (Å²) in [5.74, 6) is -0.619. The monoisotopic (exact) mass is 315 g/mol. The average molecular weight is 315 g/mol. The highest BCUT2D eigenvalue weighted by Crippen LogP contribution is 2.22. The van der Waals surface area contributed by atoms with E-state index in [9.17, 15) is 9.18 Å². The van der Waals surface area contributed by atoms with Crippen LogP contribution in [0.25, 0.3) is 11.6 Å². The van der Waals surface area contributed by atoms with Crippen LogP contribution in [0.3, 0.4) is 0 Å². The van der Waals surface area contributed by atoms with E-state index in [1.165, 1.54) is 24.3 Å². The van der Waals surface area contributed by atoms with Gasteiger partial charge < -0.3 is 4.42 Å². The third-order valence-electron chi connectivity index (χ3n) is 3.13. The number of hydrogen-bond donors (Lipinski definition) is 1. The van der Waals surface area contributed by atoms with Crippen molar-refractivity contribution >= 4 is 11.9 Å². The maximum atomic E-state index is 12.9. The second-order valence-corrected chi connectivity index (χ2v) is 5.13. The van der Waals surface area contributed by atoms with Crippen LogP contribution in [0.1, 0.15) is 30.2 Å². The van der Waals surface area contributed by atoms with Crippen molar-refractivity contribution in [2.24, 2.45) is 0 Å². The van der Waals surface area contributed by atoms with Crippen molar-refractivity contribution in [2.45, 2.75) is 19.9 Å². The van der Waals surface area contributed by atoms with E-state index in [1.54, 1.807) is 16.9 Å². The second-order valence-electron chi connectivity index (χ2n) is 5.13. The van der Waals surface area contributed by atoms with Gasteiger partial charge >= 0.3 is 6.01 Å². The normalized spacial score (nSPS) is 11.0. The third-order valence-corrected chi connectivity index (χ3v) is 3.13. The molecule has 0 fully saturated rings. The van der Waals surface area contributed by atoms with Gasteiger partial charge in [-0.1, -0.05) is 5.10 Å². The zero-order chi connectivity index (χ0) is 16.4. The number of amides is 1. The summed E-state index contributed by atoms with van der Waals surface area (Å²) in [6.45, 7) is 3.95. The number of nitrogens with zero attached hydrogens (tertiary/aromatic N) is 4. The molecule has 0 saturated heterocycles. The molecule has 23 heavy (non-hydrogen) atoms. The van der Waals surface area contributed by atoms with Crippen LogP contribution in [0.5, 0.6) is 0 Å². The number of hydrogen-bond acceptors (Lipinski definition) is 5. The molecule has 3 rings (SSSR count). The number of anilines is 1. The molecule has 2 heterocycles. The summed E-state index contributed by atoms with van der Waals surface area (Å²) in [6, 6.07) is 6.99. The zero-order valence-corrected chi connectivity index (χ0v) is 12.5. The average Bonchev–Trinajstić information content (AvgIpc) is 3.16. The second kappa shape index (κ2) is 5.99. The number of nitrogens with one attached hydrogen (secondary N) is 1. The number of aromatic nitrogens is 4. The Morgan fingerprint density at radius 1 is 1.22 bits per heavy atom. The molecule has 1 amide bonds. The van der Waals surface area contributed by atoms with Crippen molar-refractivity contribution in [3.63, 3.8) is 0 Å². The first-order chi connectivity index (χ1) is 11.0. The summed E-state index contributed by atoms with van der Waals surface area (Å²) in [6.07, 6.45) is 1.64. The molecule has 118 valence electrons. The predicted molar refractivity (Wildman–Crippen MR) is 80.3 cm³/mol. The van der Waals surface area contributed by atoms with Crippen molar-refractivity contribution < 1.29 is 13.6 Å². The van der Waals surface area contributed by atoms with Crippen LogP contribution in [-0.4, -0.2) is 25.9 Å². The third kappa shape index (κ3) is 3.10. The van der Waals surface area contributed by atoms with Crippen molar-refractivity contribution in [3.8, 4) is 11.6 Å². The van der Waals surface area contributed by atoms with Crippen LogP contribution in [-0.2, 0) is 0 Å². The van der Waals surface area contributed by atoms with Gasteiger partial charge in [0.25, 0.3) is 11.8 Å². The number of rotatable bonds is 4. The molecule has 0 aliphatic heterocycles. The molecule has 0 spiro atoms. The van der Waals surface area contributed by atoms with Crippen molar-refractivity contribution in [1.29, 1.82) is 0 Å². The summed E-state index contributed by atoms with van der Waals surface area (Å²) < 4.78 is 20.0. The van der Waals surface area contributed by atoms with Gasteiger partial charge in [-0.15, -0.1) is 5.10 Å². The largest absolute Gasteiger partial charge is 0.401 e. The Kier molecular flexibility index (Phi) is 3.88. The summed E-state index contributed by atoms with van der Waals surface area (Å²) in [5, 5.41) is 14.4. The molecular weight excluding hydrogens is 301 g/mol. The first-order valence-corrected chi connectivity index (χ1v) is 6.99. The number of carbonyl (C=O) groups excluding carboxylic acids is 1. The van der Waals surface area contributed by atoms with Crippen molar-refractivity contribution in [3.05, 3.63) is 47.9 Å². The van der Waals surface area contributed by atoms with E-state index < -0.39 is 11.7 Å². The Morgan fingerprint density at radius 2 is 1.96 bits per heavy atom. The minimum atomic E-state index is -0.461. The van der Waals surface area contributed by atoms with E-state index in [2.05, 4.69) is 20.6 Å². The summed E-state index contributed by atoms with van der Waals surface area (Å²) >= 11 is 0. The van der Waals surface area contributed by atoms with Gasteiger partial charge in [-0.3, -0.25) is 14.8 Å². The van der Waals surface area contributed by atoms with E-state index in [0.29, 0.717) is 11.3 Å². The molecule has 0 radical (unpaired) electrons. The molecule has 7 nitrogen and oxygen atoms in total. The molecule has 0 saturated carbocycles. The van der Waals surface area contributed by atoms with E-state index in [0.717, 1.165) is 0 Å². The van der Waals surface area contributed by atoms with Gasteiger partial charge in [0.15, 0.2) is 0 Å². The van der Waals surface area contributed by atoms with E-state index >= 15 is 0 Å². The SMILES string of the molecule is CC(C)n1nccc1-c1nnc(NC(=O)c2ccc(F)cc2)o1. The predicted octanol–water partition coefficient (Wildman–Crippen LogP) is 2.91. The maximum Gasteiger partial charge on any atom is 0.322 e. The molecule has 0 atom stereocenters. The quantitative estimate of drug-likeness (QED) is 0.800. The van der Waals surface area contributed by atoms with E-state index in [1.807, 2.05) is 13.8 Å². The highest BCUT2D eigenvalue weighted by Gasteiger charge is 2.16. The van der Waals surface area contributed by atoms with Crippen LogP contribution in [0, 0.1) is 5.82 Å². The van der Waals surface area contributed by atoms with Gasteiger partial charge in [-0.2, -0.15) is 5.10 Å². The molecule has 0 bridgehead atoms. The fourth-order valence-electron chi connectivity index (χ4n) is 2.04. The van der Waals surface area contributed by atoms with Gasteiger partial charge in [-0.25, -0.2) is 4.39 Å². The Hall–Kier alpha value is -3.03. The Labute approximate surface area is 131 Å². The summed E-state index contributed by atoms with van der Waals surface area (Å²) in [7, 11) is 0. The maximum absolute atomic E-state index is 12.9. The molecule has 8 heteroatoms. The van der Waals surface area contributed by atoms with E-state index in [4.69, 9.17) is 4.42 Å². The first-order valence-electron chi connectivity index (χ1n) is 6.99. The molecular formula is C15H14FN5O2.